The van der Waals surface area contributed by atoms with Crippen molar-refractivity contribution >= 4 is 0 Å². The Balaban J connectivity index is 2.58. The zero-order valence-corrected chi connectivity index (χ0v) is 10.7. The molecule has 0 spiro atoms. The van der Waals surface area contributed by atoms with Crippen molar-refractivity contribution < 1.29 is 5.11 Å². The fourth-order valence-corrected chi connectivity index (χ4v) is 1.67. The molecule has 0 saturated heterocycles. The van der Waals surface area contributed by atoms with Crippen molar-refractivity contribution in [2.45, 2.75) is 39.8 Å². The Morgan fingerprint density at radius 1 is 1.12 bits per heavy atom. The molecule has 3 atom stereocenters. The molecule has 0 aromatic heterocycles. The predicted molar refractivity (Wildman–Crippen MR) is 68.4 cm³/mol. The molecule has 0 bridgehead atoms. The summed E-state index contributed by atoms with van der Waals surface area (Å²) in [7, 11) is 0. The topological polar surface area (TPSA) is 32.3 Å². The van der Waals surface area contributed by atoms with Crippen molar-refractivity contribution in [2.75, 3.05) is 6.61 Å². The van der Waals surface area contributed by atoms with Gasteiger partial charge in [-0.1, -0.05) is 36.8 Å². The Morgan fingerprint density at radius 2 is 1.69 bits per heavy atom. The number of hydrogen-bond donors (Lipinski definition) is 2. The average Bonchev–Trinajstić information content (AvgIpc) is 2.28. The van der Waals surface area contributed by atoms with E-state index in [2.05, 4.69) is 57.3 Å². The molecule has 0 aliphatic rings. The second-order valence-corrected chi connectivity index (χ2v) is 4.75. The molecular weight excluding hydrogens is 198 g/mol. The first-order chi connectivity index (χ1) is 7.54. The highest BCUT2D eigenvalue weighted by atomic mass is 16.3. The summed E-state index contributed by atoms with van der Waals surface area (Å²) in [5.74, 6) is 0.285. The van der Waals surface area contributed by atoms with Gasteiger partial charge >= 0.3 is 0 Å². The molecule has 0 fully saturated rings. The number of aryl methyl sites for hydroxylation is 1. The zero-order valence-electron chi connectivity index (χ0n) is 10.7. The van der Waals surface area contributed by atoms with Crippen molar-refractivity contribution in [3.05, 3.63) is 35.4 Å². The van der Waals surface area contributed by atoms with E-state index in [-0.39, 0.29) is 12.5 Å². The van der Waals surface area contributed by atoms with Gasteiger partial charge in [0.15, 0.2) is 0 Å². The van der Waals surface area contributed by atoms with Crippen LogP contribution in [-0.2, 0) is 0 Å². The van der Waals surface area contributed by atoms with Gasteiger partial charge in [0, 0.05) is 18.7 Å². The maximum absolute atomic E-state index is 9.09. The third-order valence-electron chi connectivity index (χ3n) is 3.23. The Bertz CT molecular complexity index is 307. The van der Waals surface area contributed by atoms with E-state index in [0.717, 1.165) is 0 Å². The van der Waals surface area contributed by atoms with E-state index in [9.17, 15) is 0 Å². The summed E-state index contributed by atoms with van der Waals surface area (Å²) in [5, 5.41) is 12.6. The lowest BCUT2D eigenvalue weighted by molar-refractivity contribution is 0.202. The fraction of sp³-hybridized carbons (Fsp3) is 0.571. The summed E-state index contributed by atoms with van der Waals surface area (Å²) < 4.78 is 0. The van der Waals surface area contributed by atoms with Crippen molar-refractivity contribution in [3.63, 3.8) is 0 Å². The SMILES string of the molecule is Cc1ccc(C(C)NC(C)C(C)CO)cc1. The van der Waals surface area contributed by atoms with E-state index in [4.69, 9.17) is 5.11 Å². The van der Waals surface area contributed by atoms with E-state index in [1.807, 2.05) is 0 Å². The molecule has 2 heteroatoms. The molecule has 0 saturated carbocycles. The van der Waals surface area contributed by atoms with E-state index in [0.29, 0.717) is 12.1 Å². The van der Waals surface area contributed by atoms with Crippen LogP contribution >= 0.6 is 0 Å². The molecule has 3 unspecified atom stereocenters. The number of nitrogens with one attached hydrogen (secondary N) is 1. The fourth-order valence-electron chi connectivity index (χ4n) is 1.67. The molecule has 1 aromatic carbocycles. The average molecular weight is 221 g/mol. The highest BCUT2D eigenvalue weighted by molar-refractivity contribution is 5.23. The molecule has 16 heavy (non-hydrogen) atoms. The van der Waals surface area contributed by atoms with Gasteiger partial charge in [-0.05, 0) is 32.3 Å². The summed E-state index contributed by atoms with van der Waals surface area (Å²) >= 11 is 0. The van der Waals surface area contributed by atoms with Crippen molar-refractivity contribution in [1.82, 2.24) is 5.32 Å². The summed E-state index contributed by atoms with van der Waals surface area (Å²) in [4.78, 5) is 0. The summed E-state index contributed by atoms with van der Waals surface area (Å²) in [6.45, 7) is 8.66. The van der Waals surface area contributed by atoms with Crippen LogP contribution in [0.1, 0.15) is 37.9 Å². The molecule has 2 N–H and O–H groups in total. The Kier molecular flexibility index (Phi) is 4.97. The normalized spacial score (nSPS) is 16.8. The van der Waals surface area contributed by atoms with Crippen LogP contribution in [0, 0.1) is 12.8 Å². The third-order valence-corrected chi connectivity index (χ3v) is 3.23. The first kappa shape index (κ1) is 13.2. The monoisotopic (exact) mass is 221 g/mol. The molecule has 0 amide bonds. The van der Waals surface area contributed by atoms with Gasteiger partial charge in [0.1, 0.15) is 0 Å². The minimum absolute atomic E-state index is 0.231. The van der Waals surface area contributed by atoms with E-state index < -0.39 is 0 Å². The lowest BCUT2D eigenvalue weighted by Gasteiger charge is -2.24. The molecular formula is C14H23NO. The Morgan fingerprint density at radius 3 is 2.19 bits per heavy atom. The van der Waals surface area contributed by atoms with Gasteiger partial charge in [-0.2, -0.15) is 0 Å². The van der Waals surface area contributed by atoms with E-state index in [1.54, 1.807) is 0 Å². The minimum Gasteiger partial charge on any atom is -0.396 e. The summed E-state index contributed by atoms with van der Waals surface area (Å²) in [6, 6.07) is 9.22. The van der Waals surface area contributed by atoms with E-state index >= 15 is 0 Å². The highest BCUT2D eigenvalue weighted by Gasteiger charge is 2.14. The maximum atomic E-state index is 9.09. The van der Waals surface area contributed by atoms with Crippen LogP contribution in [0.25, 0.3) is 0 Å². The molecule has 1 rings (SSSR count). The largest absolute Gasteiger partial charge is 0.396 e. The first-order valence-electron chi connectivity index (χ1n) is 5.98. The maximum Gasteiger partial charge on any atom is 0.0471 e. The van der Waals surface area contributed by atoms with Crippen molar-refractivity contribution in [1.29, 1.82) is 0 Å². The number of aliphatic hydroxyl groups excluding tert-OH is 1. The lowest BCUT2D eigenvalue weighted by atomic mass is 10.0. The number of aliphatic hydroxyl groups is 1. The predicted octanol–water partition coefficient (Wildman–Crippen LogP) is 2.66. The van der Waals surface area contributed by atoms with Crippen molar-refractivity contribution in [3.8, 4) is 0 Å². The molecule has 0 heterocycles. The second kappa shape index (κ2) is 6.02. The number of rotatable bonds is 5. The van der Waals surface area contributed by atoms with Gasteiger partial charge < -0.3 is 10.4 Å². The van der Waals surface area contributed by atoms with Crippen LogP contribution < -0.4 is 5.32 Å². The Hall–Kier alpha value is -0.860. The molecule has 0 aliphatic heterocycles. The standard InChI is InChI=1S/C14H23NO/c1-10-5-7-14(8-6-10)13(4)15-12(3)11(2)9-16/h5-8,11-13,15-16H,9H2,1-4H3. The van der Waals surface area contributed by atoms with Gasteiger partial charge in [-0.3, -0.25) is 0 Å². The van der Waals surface area contributed by atoms with Crippen LogP contribution in [0.2, 0.25) is 0 Å². The quantitative estimate of drug-likeness (QED) is 0.801. The second-order valence-electron chi connectivity index (χ2n) is 4.75. The third kappa shape index (κ3) is 3.62. The van der Waals surface area contributed by atoms with Crippen LogP contribution in [-0.4, -0.2) is 17.8 Å². The number of benzene rings is 1. The zero-order chi connectivity index (χ0) is 12.1. The van der Waals surface area contributed by atoms with Crippen LogP contribution in [0.4, 0.5) is 0 Å². The number of hydrogen-bond acceptors (Lipinski definition) is 2. The first-order valence-corrected chi connectivity index (χ1v) is 5.98. The minimum atomic E-state index is 0.231. The summed E-state index contributed by atoms with van der Waals surface area (Å²) in [6.07, 6.45) is 0. The lowest BCUT2D eigenvalue weighted by Crippen LogP contribution is -2.35. The smallest absolute Gasteiger partial charge is 0.0471 e. The molecule has 90 valence electrons. The van der Waals surface area contributed by atoms with Gasteiger partial charge in [-0.25, -0.2) is 0 Å². The van der Waals surface area contributed by atoms with Gasteiger partial charge in [0.2, 0.25) is 0 Å². The molecule has 1 aromatic rings. The molecule has 0 aliphatic carbocycles. The summed E-state index contributed by atoms with van der Waals surface area (Å²) in [5.41, 5.74) is 2.58. The van der Waals surface area contributed by atoms with Crippen LogP contribution in [0.5, 0.6) is 0 Å². The van der Waals surface area contributed by atoms with Gasteiger partial charge in [0.05, 0.1) is 0 Å². The van der Waals surface area contributed by atoms with Crippen molar-refractivity contribution in [2.24, 2.45) is 5.92 Å². The van der Waals surface area contributed by atoms with E-state index in [1.165, 1.54) is 11.1 Å². The highest BCUT2D eigenvalue weighted by Crippen LogP contribution is 2.15. The molecule has 2 nitrogen and oxygen atoms in total. The van der Waals surface area contributed by atoms with Gasteiger partial charge in [-0.15, -0.1) is 0 Å². The van der Waals surface area contributed by atoms with Gasteiger partial charge in [0.25, 0.3) is 0 Å². The molecule has 0 radical (unpaired) electrons. The Labute approximate surface area is 98.7 Å². The van der Waals surface area contributed by atoms with Crippen LogP contribution in [0.15, 0.2) is 24.3 Å². The van der Waals surface area contributed by atoms with Crippen LogP contribution in [0.3, 0.4) is 0 Å².